The number of aromatic nitrogens is 1. The van der Waals surface area contributed by atoms with E-state index >= 15 is 0 Å². The van der Waals surface area contributed by atoms with Crippen molar-refractivity contribution in [1.82, 2.24) is 14.8 Å². The van der Waals surface area contributed by atoms with Crippen molar-refractivity contribution in [3.05, 3.63) is 88.4 Å². The molecule has 4 aromatic rings. The molecule has 1 amide bonds. The summed E-state index contributed by atoms with van der Waals surface area (Å²) in [7, 11) is 2.07. The quantitative estimate of drug-likeness (QED) is 0.314. The minimum Gasteiger partial charge on any atom is -0.494 e. The van der Waals surface area contributed by atoms with Crippen molar-refractivity contribution in [2.24, 2.45) is 4.99 Å². The van der Waals surface area contributed by atoms with Crippen molar-refractivity contribution in [3.8, 4) is 11.9 Å². The number of carbonyl (C=O) groups excluding carboxylic acids is 1. The van der Waals surface area contributed by atoms with Crippen molar-refractivity contribution >= 4 is 45.5 Å². The van der Waals surface area contributed by atoms with Gasteiger partial charge in [0, 0.05) is 42.2 Å². The fourth-order valence-electron chi connectivity index (χ4n) is 4.59. The molecule has 3 aromatic carbocycles. The number of H-pyrrole nitrogens is 1. The lowest BCUT2D eigenvalue weighted by atomic mass is 10.0. The summed E-state index contributed by atoms with van der Waals surface area (Å²) in [6.45, 7) is 3.79. The summed E-state index contributed by atoms with van der Waals surface area (Å²) in [5, 5.41) is 24.9. The zero-order chi connectivity index (χ0) is 26.6. The van der Waals surface area contributed by atoms with Crippen LogP contribution >= 0.6 is 11.6 Å². The van der Waals surface area contributed by atoms with Gasteiger partial charge in [0.1, 0.15) is 6.07 Å². The lowest BCUT2D eigenvalue weighted by Gasteiger charge is -2.31. The summed E-state index contributed by atoms with van der Waals surface area (Å²) in [6.07, 6.45) is 0. The highest BCUT2D eigenvalue weighted by Gasteiger charge is 2.20. The molecular weight excluding hydrogens is 500 g/mol. The first-order valence-electron chi connectivity index (χ1n) is 12.3. The predicted molar refractivity (Wildman–Crippen MR) is 150 cm³/mol. The number of piperazine rings is 1. The molecule has 0 spiro atoms. The summed E-state index contributed by atoms with van der Waals surface area (Å²) < 4.78 is 0. The van der Waals surface area contributed by atoms with Gasteiger partial charge in [0.15, 0.2) is 5.88 Å². The van der Waals surface area contributed by atoms with E-state index in [0.717, 1.165) is 37.1 Å². The summed E-state index contributed by atoms with van der Waals surface area (Å²) in [5.41, 5.74) is 3.81. The molecule has 0 saturated carbocycles. The Balaban J connectivity index is 1.47. The molecule has 0 bridgehead atoms. The topological polar surface area (TPSA) is 108 Å². The van der Waals surface area contributed by atoms with Gasteiger partial charge in [-0.2, -0.15) is 5.26 Å². The molecule has 9 heteroatoms. The first-order chi connectivity index (χ1) is 18.4. The molecule has 8 nitrogen and oxygen atoms in total. The first kappa shape index (κ1) is 25.5. The van der Waals surface area contributed by atoms with Gasteiger partial charge in [-0.3, -0.25) is 9.69 Å². The van der Waals surface area contributed by atoms with Gasteiger partial charge >= 0.3 is 0 Å². The molecule has 1 aromatic heterocycles. The number of benzene rings is 3. The smallest absolute Gasteiger partial charge is 0.238 e. The van der Waals surface area contributed by atoms with E-state index in [-0.39, 0.29) is 18.3 Å². The number of aromatic hydroxyl groups is 1. The highest BCUT2D eigenvalue weighted by molar-refractivity contribution is 6.31. The molecule has 1 aliphatic heterocycles. The van der Waals surface area contributed by atoms with Crippen molar-refractivity contribution in [2.75, 3.05) is 45.1 Å². The minimum absolute atomic E-state index is 0.0295. The minimum atomic E-state index is -0.158. The number of hydrogen-bond acceptors (Lipinski definition) is 6. The van der Waals surface area contributed by atoms with Crippen molar-refractivity contribution in [2.45, 2.75) is 0 Å². The van der Waals surface area contributed by atoms with E-state index in [0.29, 0.717) is 38.8 Å². The number of rotatable bonds is 6. The second kappa shape index (κ2) is 11.1. The molecule has 192 valence electrons. The number of fused-ring (bicyclic) bond motifs is 1. The Morgan fingerprint density at radius 3 is 2.61 bits per heavy atom. The van der Waals surface area contributed by atoms with Crippen LogP contribution in [0, 0.1) is 11.3 Å². The van der Waals surface area contributed by atoms with Crippen LogP contribution in [0.1, 0.15) is 16.7 Å². The highest BCUT2D eigenvalue weighted by Crippen LogP contribution is 2.33. The number of aromatic amines is 1. The fraction of sp³-hybridized carbons (Fsp3) is 0.207. The van der Waals surface area contributed by atoms with E-state index in [1.54, 1.807) is 30.3 Å². The molecule has 3 N–H and O–H groups in total. The maximum atomic E-state index is 12.7. The maximum absolute atomic E-state index is 12.7. The van der Waals surface area contributed by atoms with Crippen molar-refractivity contribution in [1.29, 1.82) is 5.26 Å². The fourth-order valence-corrected chi connectivity index (χ4v) is 4.76. The highest BCUT2D eigenvalue weighted by atomic mass is 35.5. The van der Waals surface area contributed by atoms with Gasteiger partial charge in [-0.15, -0.1) is 0 Å². The average molecular weight is 527 g/mol. The van der Waals surface area contributed by atoms with Gasteiger partial charge < -0.3 is 20.3 Å². The average Bonchev–Trinajstić information content (AvgIpc) is 3.24. The van der Waals surface area contributed by atoms with Crippen LogP contribution in [0.4, 0.5) is 11.4 Å². The standard InChI is InChI=1S/C29H27ClN6O2/c1-35-11-13-36(14-12-35)18-26(37)33-24-10-8-22(15-20(24)17-31)32-28(19-5-3-2-4-6-19)27-23-9-7-21(30)16-25(23)34-29(27)38/h2-10,15-16,34,38H,11-14,18H2,1H3,(H,33,37). The third-order valence-electron chi connectivity index (χ3n) is 6.63. The molecule has 1 saturated heterocycles. The largest absolute Gasteiger partial charge is 0.494 e. The Labute approximate surface area is 225 Å². The number of hydrogen-bond donors (Lipinski definition) is 3. The van der Waals surface area contributed by atoms with E-state index < -0.39 is 0 Å². The van der Waals surface area contributed by atoms with Gasteiger partial charge in [-0.05, 0) is 37.4 Å². The number of nitrogens with one attached hydrogen (secondary N) is 2. The second-order valence-corrected chi connectivity index (χ2v) is 9.77. The van der Waals surface area contributed by atoms with Crippen LogP contribution in [-0.2, 0) is 4.79 Å². The zero-order valence-corrected chi connectivity index (χ0v) is 21.7. The van der Waals surface area contributed by atoms with Gasteiger partial charge in [0.2, 0.25) is 5.91 Å². The summed E-state index contributed by atoms with van der Waals surface area (Å²) in [6, 6.07) is 22.1. The van der Waals surface area contributed by atoms with Crippen LogP contribution in [0.25, 0.3) is 10.9 Å². The Kier molecular flexibility index (Phi) is 7.43. The third-order valence-corrected chi connectivity index (χ3v) is 6.86. The number of nitriles is 1. The maximum Gasteiger partial charge on any atom is 0.238 e. The molecular formula is C29H27ClN6O2. The Morgan fingerprint density at radius 1 is 1.11 bits per heavy atom. The van der Waals surface area contributed by atoms with E-state index in [2.05, 4.69) is 33.2 Å². The number of amides is 1. The van der Waals surface area contributed by atoms with Crippen LogP contribution in [0.15, 0.2) is 71.7 Å². The van der Waals surface area contributed by atoms with Crippen molar-refractivity contribution in [3.63, 3.8) is 0 Å². The molecule has 2 heterocycles. The number of anilines is 1. The van der Waals surface area contributed by atoms with Crippen LogP contribution in [0.2, 0.25) is 5.02 Å². The van der Waals surface area contributed by atoms with Crippen LogP contribution in [0.3, 0.4) is 0 Å². The second-order valence-electron chi connectivity index (χ2n) is 9.33. The summed E-state index contributed by atoms with van der Waals surface area (Å²) >= 11 is 6.15. The Morgan fingerprint density at radius 2 is 1.87 bits per heavy atom. The lowest BCUT2D eigenvalue weighted by molar-refractivity contribution is -0.117. The van der Waals surface area contributed by atoms with Gasteiger partial charge in [-0.1, -0.05) is 48.0 Å². The molecule has 1 aliphatic rings. The Bertz CT molecular complexity index is 1550. The molecule has 1 fully saturated rings. The summed E-state index contributed by atoms with van der Waals surface area (Å²) in [5.74, 6) is -0.187. The number of halogens is 1. The van der Waals surface area contributed by atoms with Gasteiger partial charge in [0.05, 0.1) is 40.3 Å². The monoisotopic (exact) mass is 526 g/mol. The van der Waals surface area contributed by atoms with Gasteiger partial charge in [0.25, 0.3) is 0 Å². The predicted octanol–water partition coefficient (Wildman–Crippen LogP) is 4.75. The third kappa shape index (κ3) is 5.55. The molecule has 0 unspecified atom stereocenters. The van der Waals surface area contributed by atoms with E-state index in [1.807, 2.05) is 36.4 Å². The van der Waals surface area contributed by atoms with E-state index in [1.165, 1.54) is 0 Å². The van der Waals surface area contributed by atoms with Crippen LogP contribution in [0.5, 0.6) is 5.88 Å². The first-order valence-corrected chi connectivity index (χ1v) is 12.7. The van der Waals surface area contributed by atoms with Crippen LogP contribution in [-0.4, -0.2) is 71.3 Å². The summed E-state index contributed by atoms with van der Waals surface area (Å²) in [4.78, 5) is 24.9. The molecule has 0 radical (unpaired) electrons. The number of likely N-dealkylation sites (N-methyl/N-ethyl adjacent to an activating group) is 1. The number of nitrogens with zero attached hydrogens (tertiary/aromatic N) is 4. The van der Waals surface area contributed by atoms with Crippen LogP contribution < -0.4 is 5.32 Å². The number of aliphatic imine (C=N–C) groups is 1. The van der Waals surface area contributed by atoms with E-state index in [4.69, 9.17) is 16.6 Å². The normalized spacial score (nSPS) is 14.9. The van der Waals surface area contributed by atoms with Gasteiger partial charge in [-0.25, -0.2) is 4.99 Å². The van der Waals surface area contributed by atoms with E-state index in [9.17, 15) is 15.2 Å². The lowest BCUT2D eigenvalue weighted by Crippen LogP contribution is -2.47. The molecule has 5 rings (SSSR count). The van der Waals surface area contributed by atoms with Crippen molar-refractivity contribution < 1.29 is 9.90 Å². The molecule has 0 aliphatic carbocycles. The SMILES string of the molecule is CN1CCN(CC(=O)Nc2ccc(N=C(c3ccccc3)c3c(O)[nH]c4cc(Cl)ccc34)cc2C#N)CC1. The molecule has 0 atom stereocenters. The number of carbonyl (C=O) groups is 1. The Hall–Kier alpha value is -4.16. The molecule has 38 heavy (non-hydrogen) atoms. The zero-order valence-electron chi connectivity index (χ0n) is 20.9.